The minimum atomic E-state index is -0.0527. The number of amides is 1. The van der Waals surface area contributed by atoms with Crippen molar-refractivity contribution in [3.8, 4) is 5.69 Å². The third kappa shape index (κ3) is 3.11. The summed E-state index contributed by atoms with van der Waals surface area (Å²) in [6, 6.07) is 13.6. The van der Waals surface area contributed by atoms with E-state index in [1.165, 1.54) is 0 Å². The van der Waals surface area contributed by atoms with Crippen LogP contribution in [0.15, 0.2) is 53.1 Å². The predicted octanol–water partition coefficient (Wildman–Crippen LogP) is 3.61. The highest BCUT2D eigenvalue weighted by Crippen LogP contribution is 2.18. The van der Waals surface area contributed by atoms with Crippen molar-refractivity contribution in [1.82, 2.24) is 14.7 Å². The van der Waals surface area contributed by atoms with Gasteiger partial charge in [-0.05, 0) is 37.6 Å². The molecule has 0 spiro atoms. The lowest BCUT2D eigenvalue weighted by atomic mass is 10.1. The van der Waals surface area contributed by atoms with E-state index < -0.39 is 0 Å². The van der Waals surface area contributed by atoms with Gasteiger partial charge in [-0.15, -0.1) is 0 Å². The zero-order valence-electron chi connectivity index (χ0n) is 14.2. The number of carbonyl (C=O) groups is 1. The van der Waals surface area contributed by atoms with E-state index in [0.29, 0.717) is 12.1 Å². The average Bonchev–Trinajstić information content (AvgIpc) is 3.20. The lowest BCUT2D eigenvalue weighted by molar-refractivity contribution is 0.0774. The molecule has 0 bridgehead atoms. The second-order valence-electron chi connectivity index (χ2n) is 5.78. The monoisotopic (exact) mass is 323 g/mol. The number of aryl methyl sites for hydroxylation is 1. The maximum Gasteiger partial charge on any atom is 0.257 e. The lowest BCUT2D eigenvalue weighted by Gasteiger charge is -2.16. The second kappa shape index (κ2) is 6.74. The minimum absolute atomic E-state index is 0.0527. The Labute approximate surface area is 141 Å². The van der Waals surface area contributed by atoms with Gasteiger partial charge >= 0.3 is 0 Å². The number of hydrogen-bond acceptors (Lipinski definition) is 3. The summed E-state index contributed by atoms with van der Waals surface area (Å²) in [7, 11) is 1.78. The zero-order valence-corrected chi connectivity index (χ0v) is 14.2. The largest absolute Gasteiger partial charge is 0.464 e. The first-order valence-electron chi connectivity index (χ1n) is 8.03. The van der Waals surface area contributed by atoms with E-state index in [2.05, 4.69) is 5.10 Å². The van der Waals surface area contributed by atoms with Crippen LogP contribution in [0.25, 0.3) is 5.69 Å². The molecule has 5 heteroatoms. The zero-order chi connectivity index (χ0) is 17.1. The third-order valence-corrected chi connectivity index (χ3v) is 3.97. The number of benzene rings is 1. The fourth-order valence-corrected chi connectivity index (χ4v) is 2.77. The van der Waals surface area contributed by atoms with E-state index >= 15 is 0 Å². The summed E-state index contributed by atoms with van der Waals surface area (Å²) >= 11 is 0. The Morgan fingerprint density at radius 3 is 2.58 bits per heavy atom. The van der Waals surface area contributed by atoms with Crippen molar-refractivity contribution in [3.63, 3.8) is 0 Å². The summed E-state index contributed by atoms with van der Waals surface area (Å²) in [6.45, 7) is 4.36. The van der Waals surface area contributed by atoms with E-state index in [1.54, 1.807) is 18.1 Å². The molecule has 0 N–H and O–H groups in total. The molecular weight excluding hydrogens is 302 g/mol. The van der Waals surface area contributed by atoms with Crippen LogP contribution in [0.2, 0.25) is 0 Å². The van der Waals surface area contributed by atoms with E-state index in [-0.39, 0.29) is 5.91 Å². The molecule has 1 amide bonds. The Hall–Kier alpha value is -2.82. The SMILES string of the molecule is CCc1c(C(=O)N(C)Cc2ccc(C)o2)cnn1-c1ccccc1. The summed E-state index contributed by atoms with van der Waals surface area (Å²) in [6.07, 6.45) is 2.38. The number of aromatic nitrogens is 2. The Morgan fingerprint density at radius 2 is 1.96 bits per heavy atom. The maximum absolute atomic E-state index is 12.8. The fourth-order valence-electron chi connectivity index (χ4n) is 2.77. The van der Waals surface area contributed by atoms with Crippen molar-refractivity contribution in [2.45, 2.75) is 26.8 Å². The molecule has 0 atom stereocenters. The van der Waals surface area contributed by atoms with Crippen molar-refractivity contribution in [3.05, 3.63) is 71.4 Å². The molecule has 0 saturated heterocycles. The van der Waals surface area contributed by atoms with Crippen molar-refractivity contribution in [2.75, 3.05) is 7.05 Å². The Kier molecular flexibility index (Phi) is 4.51. The molecule has 5 nitrogen and oxygen atoms in total. The van der Waals surface area contributed by atoms with Crippen molar-refractivity contribution >= 4 is 5.91 Å². The summed E-state index contributed by atoms with van der Waals surface area (Å²) in [4.78, 5) is 14.5. The number of hydrogen-bond donors (Lipinski definition) is 0. The van der Waals surface area contributed by atoms with Gasteiger partial charge in [0.15, 0.2) is 0 Å². The fraction of sp³-hybridized carbons (Fsp3) is 0.263. The third-order valence-electron chi connectivity index (χ3n) is 3.97. The Balaban J connectivity index is 1.86. The van der Waals surface area contributed by atoms with E-state index in [9.17, 15) is 4.79 Å². The van der Waals surface area contributed by atoms with Crippen LogP contribution < -0.4 is 0 Å². The Morgan fingerprint density at radius 1 is 1.21 bits per heavy atom. The molecule has 0 radical (unpaired) electrons. The molecule has 0 fully saturated rings. The van der Waals surface area contributed by atoms with Gasteiger partial charge in [0.05, 0.1) is 29.7 Å². The summed E-state index contributed by atoms with van der Waals surface area (Å²) < 4.78 is 7.39. The van der Waals surface area contributed by atoms with Crippen LogP contribution in [0.5, 0.6) is 0 Å². The topological polar surface area (TPSA) is 51.3 Å². The van der Waals surface area contributed by atoms with E-state index in [1.807, 2.05) is 61.0 Å². The Bertz CT molecular complexity index is 833. The first-order chi connectivity index (χ1) is 11.6. The number of carbonyl (C=O) groups excluding carboxylic acids is 1. The molecule has 0 unspecified atom stereocenters. The molecule has 1 aromatic carbocycles. The summed E-state index contributed by atoms with van der Waals surface area (Å²) in [5, 5.41) is 4.42. The van der Waals surface area contributed by atoms with Gasteiger partial charge in [-0.2, -0.15) is 5.10 Å². The molecule has 2 heterocycles. The van der Waals surface area contributed by atoms with Crippen LogP contribution in [0.4, 0.5) is 0 Å². The molecular formula is C19H21N3O2. The number of rotatable bonds is 5. The van der Waals surface area contributed by atoms with Crippen molar-refractivity contribution in [1.29, 1.82) is 0 Å². The molecule has 24 heavy (non-hydrogen) atoms. The van der Waals surface area contributed by atoms with Crippen LogP contribution in [-0.4, -0.2) is 27.6 Å². The number of nitrogens with zero attached hydrogens (tertiary/aromatic N) is 3. The van der Waals surface area contributed by atoms with Crippen molar-refractivity contribution in [2.24, 2.45) is 0 Å². The lowest BCUT2D eigenvalue weighted by Crippen LogP contribution is -2.26. The van der Waals surface area contributed by atoms with Crippen LogP contribution in [-0.2, 0) is 13.0 Å². The molecule has 0 aliphatic rings. The molecule has 124 valence electrons. The van der Waals surface area contributed by atoms with Gasteiger partial charge in [0, 0.05) is 7.05 Å². The standard InChI is InChI=1S/C19H21N3O2/c1-4-18-17(12-20-22(18)15-8-6-5-7-9-15)19(23)21(3)13-16-11-10-14(2)24-16/h5-12H,4,13H2,1-3H3. The highest BCUT2D eigenvalue weighted by atomic mass is 16.3. The number of para-hydroxylation sites is 1. The van der Waals surface area contributed by atoms with Crippen molar-refractivity contribution < 1.29 is 9.21 Å². The highest BCUT2D eigenvalue weighted by Gasteiger charge is 2.21. The van der Waals surface area contributed by atoms with E-state index in [4.69, 9.17) is 4.42 Å². The smallest absolute Gasteiger partial charge is 0.257 e. The van der Waals surface area contributed by atoms with Crippen LogP contribution in [0.1, 0.15) is 34.5 Å². The maximum atomic E-state index is 12.8. The molecule has 0 aliphatic heterocycles. The summed E-state index contributed by atoms with van der Waals surface area (Å²) in [5.41, 5.74) is 2.50. The molecule has 0 saturated carbocycles. The quantitative estimate of drug-likeness (QED) is 0.721. The highest BCUT2D eigenvalue weighted by molar-refractivity contribution is 5.95. The van der Waals surface area contributed by atoms with Crippen LogP contribution in [0, 0.1) is 6.92 Å². The van der Waals surface area contributed by atoms with Crippen LogP contribution in [0.3, 0.4) is 0 Å². The first kappa shape index (κ1) is 16.1. The molecule has 0 aliphatic carbocycles. The van der Waals surface area contributed by atoms with Gasteiger partial charge in [0.1, 0.15) is 11.5 Å². The van der Waals surface area contributed by atoms with E-state index in [0.717, 1.165) is 29.3 Å². The average molecular weight is 323 g/mol. The van der Waals surface area contributed by atoms with Gasteiger partial charge in [0.2, 0.25) is 0 Å². The second-order valence-corrected chi connectivity index (χ2v) is 5.78. The van der Waals surface area contributed by atoms with Gasteiger partial charge in [-0.1, -0.05) is 25.1 Å². The van der Waals surface area contributed by atoms with Gasteiger partial charge in [-0.3, -0.25) is 4.79 Å². The molecule has 2 aromatic heterocycles. The van der Waals surface area contributed by atoms with Crippen LogP contribution >= 0.6 is 0 Å². The normalized spacial score (nSPS) is 10.8. The van der Waals surface area contributed by atoms with Gasteiger partial charge in [-0.25, -0.2) is 4.68 Å². The molecule has 3 rings (SSSR count). The number of furan rings is 1. The van der Waals surface area contributed by atoms with Gasteiger partial charge in [0.25, 0.3) is 5.91 Å². The summed E-state index contributed by atoms with van der Waals surface area (Å²) in [5.74, 6) is 1.57. The first-order valence-corrected chi connectivity index (χ1v) is 8.03. The minimum Gasteiger partial charge on any atom is -0.464 e. The van der Waals surface area contributed by atoms with Gasteiger partial charge < -0.3 is 9.32 Å². The predicted molar refractivity (Wildman–Crippen MR) is 92.2 cm³/mol. The molecule has 3 aromatic rings.